The van der Waals surface area contributed by atoms with E-state index in [1.54, 1.807) is 0 Å². The third-order valence-electron chi connectivity index (χ3n) is 6.12. The predicted molar refractivity (Wildman–Crippen MR) is 121 cm³/mol. The molecule has 1 heterocycles. The molecular formula is C24H33N4O2+. The van der Waals surface area contributed by atoms with Gasteiger partial charge in [-0.25, -0.2) is 0 Å². The van der Waals surface area contributed by atoms with Crippen molar-refractivity contribution in [1.82, 2.24) is 5.32 Å². The van der Waals surface area contributed by atoms with E-state index in [9.17, 15) is 9.59 Å². The zero-order valence-corrected chi connectivity index (χ0v) is 18.5. The summed E-state index contributed by atoms with van der Waals surface area (Å²) >= 11 is 0. The third kappa shape index (κ3) is 5.39. The van der Waals surface area contributed by atoms with Crippen molar-refractivity contribution in [1.29, 1.82) is 0 Å². The number of hydrogen-bond donors (Lipinski definition) is 3. The van der Waals surface area contributed by atoms with E-state index < -0.39 is 0 Å². The van der Waals surface area contributed by atoms with Crippen LogP contribution in [0, 0.1) is 27.7 Å². The standard InChI is InChI=1S/C24H32N4O2/c1-17-7-5-9-21(19(17)3)26-23(29)15-25-24(30)16-27-11-13-28(14-12-27)22-10-6-8-18(2)20(22)4/h5-10H,11-16H2,1-4H3,(H,25,30)(H,26,29)/p+1. The first-order chi connectivity index (χ1) is 14.3. The van der Waals surface area contributed by atoms with Gasteiger partial charge in [0.05, 0.1) is 32.7 Å². The van der Waals surface area contributed by atoms with E-state index in [2.05, 4.69) is 47.6 Å². The van der Waals surface area contributed by atoms with Crippen molar-refractivity contribution in [3.63, 3.8) is 0 Å². The molecule has 2 aromatic carbocycles. The van der Waals surface area contributed by atoms with E-state index >= 15 is 0 Å². The number of carbonyl (C=O) groups is 2. The van der Waals surface area contributed by atoms with E-state index in [1.807, 2.05) is 32.0 Å². The van der Waals surface area contributed by atoms with Crippen LogP contribution in [-0.4, -0.2) is 51.1 Å². The van der Waals surface area contributed by atoms with E-state index in [0.29, 0.717) is 6.54 Å². The van der Waals surface area contributed by atoms with Crippen LogP contribution in [0.5, 0.6) is 0 Å². The minimum Gasteiger partial charge on any atom is -0.360 e. The van der Waals surface area contributed by atoms with Crippen molar-refractivity contribution in [2.75, 3.05) is 49.5 Å². The van der Waals surface area contributed by atoms with Gasteiger partial charge in [0.1, 0.15) is 0 Å². The number of aryl methyl sites for hydroxylation is 2. The number of quaternary nitrogens is 1. The molecule has 160 valence electrons. The summed E-state index contributed by atoms with van der Waals surface area (Å²) in [4.78, 5) is 28.2. The highest BCUT2D eigenvalue weighted by atomic mass is 16.2. The lowest BCUT2D eigenvalue weighted by atomic mass is 10.1. The summed E-state index contributed by atoms with van der Waals surface area (Å²) in [5.41, 5.74) is 6.89. The number of piperazine rings is 1. The fourth-order valence-electron chi connectivity index (χ4n) is 3.87. The summed E-state index contributed by atoms with van der Waals surface area (Å²) in [7, 11) is 0. The van der Waals surface area contributed by atoms with Gasteiger partial charge in [0.25, 0.3) is 5.91 Å². The fraction of sp³-hybridized carbons (Fsp3) is 0.417. The van der Waals surface area contributed by atoms with Gasteiger partial charge in [0.2, 0.25) is 5.91 Å². The third-order valence-corrected chi connectivity index (χ3v) is 6.12. The molecule has 3 N–H and O–H groups in total. The van der Waals surface area contributed by atoms with Crippen LogP contribution in [0.25, 0.3) is 0 Å². The Morgan fingerprint density at radius 3 is 2.23 bits per heavy atom. The monoisotopic (exact) mass is 409 g/mol. The van der Waals surface area contributed by atoms with Crippen LogP contribution in [0.1, 0.15) is 22.3 Å². The molecule has 0 aliphatic carbocycles. The quantitative estimate of drug-likeness (QED) is 0.675. The second-order valence-corrected chi connectivity index (χ2v) is 8.21. The molecule has 6 nitrogen and oxygen atoms in total. The molecule has 0 unspecified atom stereocenters. The van der Waals surface area contributed by atoms with Crippen molar-refractivity contribution in [3.05, 3.63) is 58.7 Å². The van der Waals surface area contributed by atoms with Crippen LogP contribution in [-0.2, 0) is 9.59 Å². The number of anilines is 2. The highest BCUT2D eigenvalue weighted by molar-refractivity contribution is 5.95. The number of hydrogen-bond acceptors (Lipinski definition) is 3. The first kappa shape index (κ1) is 21.8. The molecule has 1 aliphatic rings. The number of nitrogens with one attached hydrogen (secondary N) is 3. The molecule has 0 aromatic heterocycles. The summed E-state index contributed by atoms with van der Waals surface area (Å²) < 4.78 is 0. The summed E-state index contributed by atoms with van der Waals surface area (Å²) in [6.07, 6.45) is 0. The molecule has 3 rings (SSSR count). The van der Waals surface area contributed by atoms with Crippen molar-refractivity contribution in [3.8, 4) is 0 Å². The first-order valence-electron chi connectivity index (χ1n) is 10.6. The van der Waals surface area contributed by atoms with Gasteiger partial charge >= 0.3 is 0 Å². The zero-order valence-electron chi connectivity index (χ0n) is 18.5. The minimum atomic E-state index is -0.202. The molecule has 30 heavy (non-hydrogen) atoms. The predicted octanol–water partition coefficient (Wildman–Crippen LogP) is 1.38. The van der Waals surface area contributed by atoms with Gasteiger partial charge in [-0.05, 0) is 62.1 Å². The average Bonchev–Trinajstić information content (AvgIpc) is 2.73. The Morgan fingerprint density at radius 2 is 1.53 bits per heavy atom. The van der Waals surface area contributed by atoms with E-state index in [0.717, 1.165) is 43.0 Å². The highest BCUT2D eigenvalue weighted by Crippen LogP contribution is 2.22. The number of amides is 2. The number of rotatable bonds is 6. The molecular weight excluding hydrogens is 376 g/mol. The maximum absolute atomic E-state index is 12.3. The molecule has 1 fully saturated rings. The molecule has 0 atom stereocenters. The van der Waals surface area contributed by atoms with Crippen molar-refractivity contribution in [2.45, 2.75) is 27.7 Å². The van der Waals surface area contributed by atoms with Crippen LogP contribution in [0.15, 0.2) is 36.4 Å². The van der Waals surface area contributed by atoms with Gasteiger partial charge in [-0.3, -0.25) is 9.59 Å². The Morgan fingerprint density at radius 1 is 0.900 bits per heavy atom. The van der Waals surface area contributed by atoms with Crippen LogP contribution in [0.2, 0.25) is 0 Å². The molecule has 2 amide bonds. The molecule has 0 spiro atoms. The minimum absolute atomic E-state index is 0.00585. The summed E-state index contributed by atoms with van der Waals surface area (Å²) in [5.74, 6) is -0.284. The van der Waals surface area contributed by atoms with Crippen LogP contribution >= 0.6 is 0 Å². The van der Waals surface area contributed by atoms with E-state index in [1.165, 1.54) is 21.7 Å². The van der Waals surface area contributed by atoms with Crippen molar-refractivity contribution >= 4 is 23.2 Å². The largest absolute Gasteiger partial charge is 0.360 e. The fourth-order valence-corrected chi connectivity index (χ4v) is 3.87. The molecule has 0 bridgehead atoms. The smallest absolute Gasteiger partial charge is 0.275 e. The van der Waals surface area contributed by atoms with Crippen molar-refractivity contribution in [2.24, 2.45) is 0 Å². The van der Waals surface area contributed by atoms with Gasteiger partial charge in [-0.2, -0.15) is 0 Å². The first-order valence-corrected chi connectivity index (χ1v) is 10.6. The molecule has 2 aromatic rings. The van der Waals surface area contributed by atoms with Crippen LogP contribution < -0.4 is 20.4 Å². The average molecular weight is 410 g/mol. The molecule has 1 saturated heterocycles. The molecule has 6 heteroatoms. The maximum atomic E-state index is 12.3. The van der Waals surface area contributed by atoms with Gasteiger partial charge in [0.15, 0.2) is 6.54 Å². The summed E-state index contributed by atoms with van der Waals surface area (Å²) in [6.45, 7) is 12.4. The number of nitrogens with zero attached hydrogens (tertiary/aromatic N) is 1. The molecule has 0 radical (unpaired) electrons. The summed E-state index contributed by atoms with van der Waals surface area (Å²) in [6, 6.07) is 12.2. The Bertz CT molecular complexity index is 917. The van der Waals surface area contributed by atoms with E-state index in [4.69, 9.17) is 0 Å². The van der Waals surface area contributed by atoms with E-state index in [-0.39, 0.29) is 18.4 Å². The molecule has 0 saturated carbocycles. The van der Waals surface area contributed by atoms with Crippen LogP contribution in [0.3, 0.4) is 0 Å². The van der Waals surface area contributed by atoms with Gasteiger partial charge in [0, 0.05) is 11.4 Å². The highest BCUT2D eigenvalue weighted by Gasteiger charge is 2.23. The second kappa shape index (κ2) is 9.76. The Hall–Kier alpha value is -2.86. The van der Waals surface area contributed by atoms with Crippen molar-refractivity contribution < 1.29 is 14.5 Å². The Labute approximate surface area is 179 Å². The topological polar surface area (TPSA) is 65.9 Å². The molecule has 1 aliphatic heterocycles. The normalized spacial score (nSPS) is 14.5. The van der Waals surface area contributed by atoms with Gasteiger partial charge in [-0.15, -0.1) is 0 Å². The lowest BCUT2D eigenvalue weighted by molar-refractivity contribution is -0.892. The SMILES string of the molecule is Cc1cccc(NC(=O)CNC(=O)C[NH+]2CCN(c3cccc(C)c3C)CC2)c1C. The Kier molecular flexibility index (Phi) is 7.11. The summed E-state index contributed by atoms with van der Waals surface area (Å²) in [5, 5.41) is 5.63. The number of benzene rings is 2. The van der Waals surface area contributed by atoms with Gasteiger partial charge < -0.3 is 20.4 Å². The Balaban J connectivity index is 1.42. The zero-order chi connectivity index (χ0) is 21.7. The van der Waals surface area contributed by atoms with Gasteiger partial charge in [-0.1, -0.05) is 24.3 Å². The lowest BCUT2D eigenvalue weighted by Crippen LogP contribution is -3.16. The number of carbonyl (C=O) groups excluding carboxylic acids is 2. The second-order valence-electron chi connectivity index (χ2n) is 8.21. The van der Waals surface area contributed by atoms with Crippen LogP contribution in [0.4, 0.5) is 11.4 Å². The maximum Gasteiger partial charge on any atom is 0.275 e. The lowest BCUT2D eigenvalue weighted by Gasteiger charge is -2.34.